The average Bonchev–Trinajstić information content (AvgIpc) is 2.35. The quantitative estimate of drug-likeness (QED) is 0.357. The molecule has 0 bridgehead atoms. The molecule has 0 aromatic carbocycles. The molecule has 1 aromatic rings. The Bertz CT molecular complexity index is 571. The number of nitrogens with zero attached hydrogens (tertiary/aromatic N) is 2. The first-order chi connectivity index (χ1) is 10.6. The van der Waals surface area contributed by atoms with Gasteiger partial charge < -0.3 is 20.6 Å². The minimum absolute atomic E-state index is 0.136. The van der Waals surface area contributed by atoms with Crippen molar-refractivity contribution in [2.75, 3.05) is 11.9 Å². The molecule has 0 fully saturated rings. The molecule has 0 unspecified atom stereocenters. The van der Waals surface area contributed by atoms with Crippen LogP contribution in [0.2, 0.25) is 0 Å². The van der Waals surface area contributed by atoms with Crippen molar-refractivity contribution in [1.82, 2.24) is 5.32 Å². The SMILES string of the molecule is C[C@H](CCNc1c[n+]([O-])ccc1[N+](=O)[O-])NC(=O)OC(C)(C)C. The van der Waals surface area contributed by atoms with Crippen molar-refractivity contribution >= 4 is 17.5 Å². The second-order valence-electron chi connectivity index (χ2n) is 6.12. The van der Waals surface area contributed by atoms with Crippen LogP contribution in [-0.4, -0.2) is 29.2 Å². The van der Waals surface area contributed by atoms with E-state index in [4.69, 9.17) is 4.74 Å². The molecule has 1 aromatic heterocycles. The fraction of sp³-hybridized carbons (Fsp3) is 0.571. The van der Waals surface area contributed by atoms with Crippen LogP contribution >= 0.6 is 0 Å². The van der Waals surface area contributed by atoms with E-state index in [1.807, 2.05) is 0 Å². The number of amides is 1. The lowest BCUT2D eigenvalue weighted by Gasteiger charge is -2.22. The summed E-state index contributed by atoms with van der Waals surface area (Å²) in [5, 5.41) is 27.6. The summed E-state index contributed by atoms with van der Waals surface area (Å²) in [7, 11) is 0. The van der Waals surface area contributed by atoms with E-state index in [0.717, 1.165) is 18.5 Å². The number of alkyl carbamates (subject to hydrolysis) is 1. The van der Waals surface area contributed by atoms with Gasteiger partial charge in [-0.1, -0.05) is 0 Å². The second kappa shape index (κ2) is 7.61. The predicted molar refractivity (Wildman–Crippen MR) is 84.0 cm³/mol. The van der Waals surface area contributed by atoms with Gasteiger partial charge in [-0.3, -0.25) is 10.1 Å². The van der Waals surface area contributed by atoms with Crippen molar-refractivity contribution < 1.29 is 19.2 Å². The minimum Gasteiger partial charge on any atom is -0.619 e. The lowest BCUT2D eigenvalue weighted by molar-refractivity contribution is -0.605. The number of nitro groups is 1. The van der Waals surface area contributed by atoms with Crippen LogP contribution in [0.4, 0.5) is 16.2 Å². The van der Waals surface area contributed by atoms with Crippen molar-refractivity contribution in [2.45, 2.75) is 45.8 Å². The Morgan fingerprint density at radius 2 is 2.13 bits per heavy atom. The average molecular weight is 326 g/mol. The van der Waals surface area contributed by atoms with Crippen LogP contribution in [0, 0.1) is 15.3 Å². The van der Waals surface area contributed by atoms with Crippen LogP contribution < -0.4 is 15.4 Å². The first kappa shape index (κ1) is 18.5. The number of anilines is 1. The first-order valence-corrected chi connectivity index (χ1v) is 7.19. The van der Waals surface area contributed by atoms with E-state index in [2.05, 4.69) is 10.6 Å². The van der Waals surface area contributed by atoms with Crippen LogP contribution in [0.25, 0.3) is 0 Å². The lowest BCUT2D eigenvalue weighted by Crippen LogP contribution is -2.38. The highest BCUT2D eigenvalue weighted by Gasteiger charge is 2.19. The number of carbonyl (C=O) groups excluding carboxylic acids is 1. The molecule has 0 aliphatic rings. The summed E-state index contributed by atoms with van der Waals surface area (Å²) in [5.74, 6) is 0. The Labute approximate surface area is 134 Å². The Kier molecular flexibility index (Phi) is 6.11. The van der Waals surface area contributed by atoms with Gasteiger partial charge in [-0.05, 0) is 34.1 Å². The molecule has 0 aliphatic heterocycles. The third-order valence-corrected chi connectivity index (χ3v) is 2.76. The van der Waals surface area contributed by atoms with Gasteiger partial charge in [-0.2, -0.15) is 4.73 Å². The first-order valence-electron chi connectivity index (χ1n) is 7.19. The van der Waals surface area contributed by atoms with Crippen molar-refractivity contribution in [3.05, 3.63) is 33.8 Å². The molecule has 9 heteroatoms. The molecule has 0 aliphatic carbocycles. The van der Waals surface area contributed by atoms with Crippen LogP contribution in [0.5, 0.6) is 0 Å². The summed E-state index contributed by atoms with van der Waals surface area (Å²) >= 11 is 0. The molecule has 9 nitrogen and oxygen atoms in total. The van der Waals surface area contributed by atoms with Gasteiger partial charge in [0, 0.05) is 12.6 Å². The Hall–Kier alpha value is -2.58. The van der Waals surface area contributed by atoms with E-state index < -0.39 is 16.6 Å². The topological polar surface area (TPSA) is 120 Å². The van der Waals surface area contributed by atoms with Gasteiger partial charge in [0.25, 0.3) is 0 Å². The second-order valence-corrected chi connectivity index (χ2v) is 6.12. The van der Waals surface area contributed by atoms with Gasteiger partial charge in [-0.15, -0.1) is 0 Å². The van der Waals surface area contributed by atoms with Crippen LogP contribution in [0.15, 0.2) is 18.5 Å². The summed E-state index contributed by atoms with van der Waals surface area (Å²) in [6, 6.07) is 0.942. The van der Waals surface area contributed by atoms with Crippen LogP contribution in [-0.2, 0) is 4.74 Å². The van der Waals surface area contributed by atoms with Crippen molar-refractivity contribution in [2.24, 2.45) is 0 Å². The fourth-order valence-corrected chi connectivity index (χ4v) is 1.77. The van der Waals surface area contributed by atoms with Gasteiger partial charge in [0.1, 0.15) is 5.60 Å². The number of ether oxygens (including phenoxy) is 1. The molecule has 2 N–H and O–H groups in total. The molecular weight excluding hydrogens is 304 g/mol. The third kappa shape index (κ3) is 6.81. The van der Waals surface area contributed by atoms with E-state index in [1.165, 1.54) is 0 Å². The van der Waals surface area contributed by atoms with Crippen LogP contribution in [0.3, 0.4) is 0 Å². The van der Waals surface area contributed by atoms with E-state index in [-0.39, 0.29) is 17.4 Å². The summed E-state index contributed by atoms with van der Waals surface area (Å²) < 4.78 is 5.62. The molecule has 0 saturated heterocycles. The number of carbonyl (C=O) groups is 1. The highest BCUT2D eigenvalue weighted by molar-refractivity contribution is 5.68. The highest BCUT2D eigenvalue weighted by Crippen LogP contribution is 2.21. The van der Waals surface area contributed by atoms with Crippen molar-refractivity contribution in [3.63, 3.8) is 0 Å². The van der Waals surface area contributed by atoms with E-state index in [1.54, 1.807) is 27.7 Å². The molecule has 1 amide bonds. The van der Waals surface area contributed by atoms with Gasteiger partial charge in [0.15, 0.2) is 11.9 Å². The molecule has 1 rings (SSSR count). The van der Waals surface area contributed by atoms with E-state index in [9.17, 15) is 20.1 Å². The van der Waals surface area contributed by atoms with Gasteiger partial charge in [0.2, 0.25) is 6.20 Å². The zero-order valence-corrected chi connectivity index (χ0v) is 13.7. The summed E-state index contributed by atoms with van der Waals surface area (Å²) in [4.78, 5) is 21.9. The third-order valence-electron chi connectivity index (χ3n) is 2.76. The van der Waals surface area contributed by atoms with Gasteiger partial charge in [-0.25, -0.2) is 4.79 Å². The fourth-order valence-electron chi connectivity index (χ4n) is 1.77. The standard InChI is InChI=1S/C14H22N4O5/c1-10(16-13(19)23-14(2,3)4)5-7-15-11-9-17(20)8-6-12(11)18(21)22/h6,8-10,15H,5,7H2,1-4H3,(H,16,19)/t10-/m1/s1. The Morgan fingerprint density at radius 1 is 1.48 bits per heavy atom. The Balaban J connectivity index is 2.49. The van der Waals surface area contributed by atoms with Gasteiger partial charge >= 0.3 is 11.8 Å². The molecule has 1 atom stereocenters. The number of hydrogen-bond acceptors (Lipinski definition) is 6. The van der Waals surface area contributed by atoms with E-state index in [0.29, 0.717) is 17.7 Å². The lowest BCUT2D eigenvalue weighted by atomic mass is 10.2. The largest absolute Gasteiger partial charge is 0.619 e. The maximum Gasteiger partial charge on any atom is 0.407 e. The predicted octanol–water partition coefficient (Wildman–Crippen LogP) is 1.94. The summed E-state index contributed by atoms with van der Waals surface area (Å²) in [6.45, 7) is 7.45. The smallest absolute Gasteiger partial charge is 0.407 e. The molecule has 0 saturated carbocycles. The summed E-state index contributed by atoms with van der Waals surface area (Å²) in [6.07, 6.45) is 2.15. The highest BCUT2D eigenvalue weighted by atomic mass is 16.6. The molecule has 128 valence electrons. The minimum atomic E-state index is -0.575. The number of pyridine rings is 1. The molecule has 0 radical (unpaired) electrons. The number of aromatic nitrogens is 1. The summed E-state index contributed by atoms with van der Waals surface area (Å²) in [5.41, 5.74) is -0.615. The molecule has 0 spiro atoms. The zero-order chi connectivity index (χ0) is 17.6. The molecule has 23 heavy (non-hydrogen) atoms. The normalized spacial score (nSPS) is 12.3. The maximum atomic E-state index is 11.6. The maximum absolute atomic E-state index is 11.6. The molecule has 1 heterocycles. The number of nitrogens with one attached hydrogen (secondary N) is 2. The molecular formula is C14H22N4O5. The zero-order valence-electron chi connectivity index (χ0n) is 13.7. The monoisotopic (exact) mass is 326 g/mol. The number of rotatable bonds is 6. The van der Waals surface area contributed by atoms with Gasteiger partial charge in [0.05, 0.1) is 11.0 Å². The van der Waals surface area contributed by atoms with Crippen LogP contribution in [0.1, 0.15) is 34.1 Å². The number of hydrogen-bond donors (Lipinski definition) is 2. The Morgan fingerprint density at radius 3 is 2.70 bits per heavy atom. The van der Waals surface area contributed by atoms with Crippen molar-refractivity contribution in [1.29, 1.82) is 0 Å². The van der Waals surface area contributed by atoms with E-state index >= 15 is 0 Å². The van der Waals surface area contributed by atoms with Crippen molar-refractivity contribution in [3.8, 4) is 0 Å².